The number of ether oxygens (including phenoxy) is 1. The summed E-state index contributed by atoms with van der Waals surface area (Å²) in [5, 5.41) is 7.78. The van der Waals surface area contributed by atoms with Gasteiger partial charge in [-0.3, -0.25) is 9.78 Å². The smallest absolute Gasteiger partial charge is 0.239 e. The van der Waals surface area contributed by atoms with Gasteiger partial charge < -0.3 is 19.8 Å². The molecule has 10 heteroatoms. The number of benzene rings is 1. The molecule has 246 valence electrons. The summed E-state index contributed by atoms with van der Waals surface area (Å²) in [6, 6.07) is 8.08. The van der Waals surface area contributed by atoms with Gasteiger partial charge in [-0.2, -0.15) is 19.6 Å². The van der Waals surface area contributed by atoms with E-state index in [9.17, 15) is 4.79 Å². The third-order valence-corrected chi connectivity index (χ3v) is 11.4. The molecule has 1 amide bonds. The second-order valence-corrected chi connectivity index (χ2v) is 14.4. The molecule has 1 aromatic carbocycles. The Bertz CT molecular complexity index is 1510. The molecule has 3 aromatic rings. The van der Waals surface area contributed by atoms with Gasteiger partial charge in [-0.15, -0.1) is 0 Å². The fourth-order valence-electron chi connectivity index (χ4n) is 9.21. The first-order valence-corrected chi connectivity index (χ1v) is 17.2. The molecule has 2 aromatic heterocycles. The summed E-state index contributed by atoms with van der Waals surface area (Å²) in [5.41, 5.74) is 3.71. The van der Waals surface area contributed by atoms with E-state index in [4.69, 9.17) is 28.7 Å². The number of nitrogens with zero attached hydrogens (tertiary/aromatic N) is 1. The molecule has 1 saturated heterocycles. The van der Waals surface area contributed by atoms with Gasteiger partial charge in [0, 0.05) is 72.0 Å². The predicted molar refractivity (Wildman–Crippen MR) is 170 cm³/mol. The Morgan fingerprint density at radius 1 is 1.04 bits per heavy atom. The molecule has 10 nitrogen and oxygen atoms in total. The van der Waals surface area contributed by atoms with Crippen molar-refractivity contribution in [2.45, 2.75) is 95.2 Å². The summed E-state index contributed by atoms with van der Waals surface area (Å²) in [7, 11) is 1.68. The number of carbonyl (C=O) groups is 1. The van der Waals surface area contributed by atoms with Gasteiger partial charge in [0.2, 0.25) is 17.5 Å². The van der Waals surface area contributed by atoms with Crippen molar-refractivity contribution in [3.8, 4) is 16.9 Å². The van der Waals surface area contributed by atoms with Crippen molar-refractivity contribution in [2.24, 2.45) is 29.6 Å². The van der Waals surface area contributed by atoms with Crippen molar-refractivity contribution < 1.29 is 33.5 Å². The fraction of sp³-hybridized carbons (Fsp3) is 0.611. The van der Waals surface area contributed by atoms with Crippen LogP contribution in [0, 0.1) is 29.6 Å². The van der Waals surface area contributed by atoms with Crippen LogP contribution in [-0.4, -0.2) is 42.2 Å². The van der Waals surface area contributed by atoms with Crippen molar-refractivity contribution in [3.63, 3.8) is 0 Å². The van der Waals surface area contributed by atoms with Crippen LogP contribution in [0.4, 0.5) is 5.69 Å². The van der Waals surface area contributed by atoms with Crippen molar-refractivity contribution in [1.82, 2.24) is 10.3 Å². The number of hydrogen-bond donors (Lipinski definition) is 2. The molecule has 1 atom stereocenters. The lowest BCUT2D eigenvalue weighted by Gasteiger charge is -2.60. The van der Waals surface area contributed by atoms with Crippen LogP contribution >= 0.6 is 0 Å². The minimum atomic E-state index is -0.907. The lowest BCUT2D eigenvalue weighted by molar-refractivity contribution is -0.680. The number of aromatic nitrogens is 1. The van der Waals surface area contributed by atoms with Crippen LogP contribution in [0.1, 0.15) is 77.6 Å². The summed E-state index contributed by atoms with van der Waals surface area (Å²) in [4.78, 5) is 42.2. The topological polar surface area (TPSA) is 113 Å². The third kappa shape index (κ3) is 5.37. The highest BCUT2D eigenvalue weighted by molar-refractivity contribution is 6.04. The van der Waals surface area contributed by atoms with E-state index >= 15 is 0 Å². The first-order valence-electron chi connectivity index (χ1n) is 17.2. The summed E-state index contributed by atoms with van der Waals surface area (Å²) < 4.78 is 11.1. The molecule has 6 aliphatic rings. The highest BCUT2D eigenvalue weighted by Crippen LogP contribution is 2.62. The van der Waals surface area contributed by atoms with Crippen LogP contribution in [0.2, 0.25) is 0 Å². The van der Waals surface area contributed by atoms with E-state index in [-0.39, 0.29) is 17.9 Å². The van der Waals surface area contributed by atoms with Crippen LogP contribution in [0.15, 0.2) is 47.4 Å². The lowest BCUT2D eigenvalue weighted by Crippen LogP contribution is -2.64. The highest BCUT2D eigenvalue weighted by atomic mass is 17.4. The van der Waals surface area contributed by atoms with Gasteiger partial charge in [-0.25, -0.2) is 0 Å². The normalized spacial score (nSPS) is 33.8. The molecule has 9 rings (SSSR count). The number of methoxy groups -OCH3 is 1. The SMILES string of the molecule is COc1cc(NC(C)CCCNC(=O)C2CCC3(CC2)OOC2(OO3)C3CC4CC(C3)CC2C4)c2ncccc2c1-c1ccoc1. The third-order valence-electron chi connectivity index (χ3n) is 11.4. The zero-order valence-electron chi connectivity index (χ0n) is 26.8. The van der Waals surface area contributed by atoms with Crippen LogP contribution < -0.4 is 15.4 Å². The van der Waals surface area contributed by atoms with Gasteiger partial charge in [0.25, 0.3) is 0 Å². The van der Waals surface area contributed by atoms with Crippen LogP contribution in [0.3, 0.4) is 0 Å². The maximum atomic E-state index is 13.1. The molecule has 1 aliphatic heterocycles. The molecule has 4 bridgehead atoms. The number of amides is 1. The second-order valence-electron chi connectivity index (χ2n) is 14.4. The number of rotatable bonds is 9. The number of fused-ring (bicyclic) bond motifs is 1. The van der Waals surface area contributed by atoms with Gasteiger partial charge in [0.15, 0.2) is 0 Å². The van der Waals surface area contributed by atoms with Crippen molar-refractivity contribution in [3.05, 3.63) is 43.0 Å². The van der Waals surface area contributed by atoms with Gasteiger partial charge in [0.05, 0.1) is 30.8 Å². The van der Waals surface area contributed by atoms with Crippen molar-refractivity contribution in [1.29, 1.82) is 0 Å². The Morgan fingerprint density at radius 2 is 1.78 bits per heavy atom. The fourth-order valence-corrected chi connectivity index (χ4v) is 9.21. The van der Waals surface area contributed by atoms with E-state index in [0.717, 1.165) is 83.8 Å². The van der Waals surface area contributed by atoms with Gasteiger partial charge in [0.1, 0.15) is 5.75 Å². The molecular weight excluding hydrogens is 586 g/mol. The quantitative estimate of drug-likeness (QED) is 0.188. The second kappa shape index (κ2) is 12.1. The van der Waals surface area contributed by atoms with E-state index in [1.54, 1.807) is 25.8 Å². The summed E-state index contributed by atoms with van der Waals surface area (Å²) in [5.74, 6) is 1.46. The van der Waals surface area contributed by atoms with Gasteiger partial charge >= 0.3 is 0 Å². The number of furan rings is 1. The lowest BCUT2D eigenvalue weighted by atomic mass is 9.53. The average Bonchev–Trinajstić information content (AvgIpc) is 3.61. The molecule has 5 aliphatic carbocycles. The van der Waals surface area contributed by atoms with Gasteiger partial charge in [-0.05, 0) is 88.7 Å². The van der Waals surface area contributed by atoms with Crippen LogP contribution in [-0.2, 0) is 24.3 Å². The molecule has 46 heavy (non-hydrogen) atoms. The minimum absolute atomic E-state index is 0.0657. The molecular formula is C36H45N3O7. The number of pyridine rings is 1. The molecule has 2 N–H and O–H groups in total. The number of anilines is 1. The molecule has 3 heterocycles. The van der Waals surface area contributed by atoms with Gasteiger partial charge in [-0.1, -0.05) is 6.07 Å². The first kappa shape index (κ1) is 30.2. The molecule has 0 radical (unpaired) electrons. The Morgan fingerprint density at radius 3 is 2.46 bits per heavy atom. The molecule has 2 spiro atoms. The van der Waals surface area contributed by atoms with Crippen LogP contribution in [0.25, 0.3) is 22.0 Å². The van der Waals surface area contributed by atoms with Crippen molar-refractivity contribution >= 4 is 22.5 Å². The minimum Gasteiger partial charge on any atom is -0.496 e. The van der Waals surface area contributed by atoms with Crippen LogP contribution in [0.5, 0.6) is 5.75 Å². The summed E-state index contributed by atoms with van der Waals surface area (Å²) in [6.45, 7) is 2.77. The summed E-state index contributed by atoms with van der Waals surface area (Å²) in [6.07, 6.45) is 15.4. The van der Waals surface area contributed by atoms with E-state index in [2.05, 4.69) is 28.6 Å². The monoisotopic (exact) mass is 631 g/mol. The number of carbonyl (C=O) groups excluding carboxylic acids is 1. The molecule has 6 fully saturated rings. The highest BCUT2D eigenvalue weighted by Gasteiger charge is 2.64. The Kier molecular flexibility index (Phi) is 7.95. The average molecular weight is 632 g/mol. The summed E-state index contributed by atoms with van der Waals surface area (Å²) >= 11 is 0. The van der Waals surface area contributed by atoms with Crippen molar-refractivity contribution in [2.75, 3.05) is 19.0 Å². The first-order chi connectivity index (χ1) is 22.5. The number of hydrogen-bond acceptors (Lipinski definition) is 9. The zero-order valence-corrected chi connectivity index (χ0v) is 26.8. The molecule has 1 unspecified atom stereocenters. The zero-order chi connectivity index (χ0) is 31.3. The largest absolute Gasteiger partial charge is 0.496 e. The maximum Gasteiger partial charge on any atom is 0.239 e. The Hall–Kier alpha value is -3.18. The van der Waals surface area contributed by atoms with E-state index in [1.807, 2.05) is 18.2 Å². The molecule has 5 saturated carbocycles. The number of nitrogens with one attached hydrogen (secondary N) is 2. The van der Waals surface area contributed by atoms with E-state index < -0.39 is 11.6 Å². The predicted octanol–water partition coefficient (Wildman–Crippen LogP) is 7.15. The van der Waals surface area contributed by atoms with E-state index in [0.29, 0.717) is 44.1 Å². The Labute approximate surface area is 269 Å². The standard InChI is InChI=1S/C36H45N3O7/c1-22(39-30-20-31(41-2)32(26-9-14-42-21-26)29-6-4-12-37-33(29)30)5-3-13-38-34(40)25-7-10-35(11-8-25)43-45-36(46-44-35)27-16-23-15-24(18-27)19-28(36)17-23/h4,6,9,12,14,20-25,27-28,39H,3,5,7-8,10-11,13,15-19H2,1-2H3,(H,38,40). The Balaban J connectivity index is 0.802. The maximum absolute atomic E-state index is 13.1. The van der Waals surface area contributed by atoms with E-state index in [1.165, 1.54) is 6.42 Å².